The van der Waals surface area contributed by atoms with Crippen molar-refractivity contribution in [2.75, 3.05) is 42.9 Å². The first kappa shape index (κ1) is 18.2. The Morgan fingerprint density at radius 2 is 1.92 bits per heavy atom. The Labute approximate surface area is 151 Å². The van der Waals surface area contributed by atoms with Crippen molar-refractivity contribution in [2.45, 2.75) is 51.9 Å². The Kier molecular flexibility index (Phi) is 6.68. The lowest BCUT2D eigenvalue weighted by Gasteiger charge is -2.34. The van der Waals surface area contributed by atoms with Gasteiger partial charge in [0.25, 0.3) is 0 Å². The zero-order valence-corrected chi connectivity index (χ0v) is 15.5. The van der Waals surface area contributed by atoms with Gasteiger partial charge < -0.3 is 15.1 Å². The molecule has 1 aliphatic heterocycles. The number of anilines is 2. The lowest BCUT2D eigenvalue weighted by Crippen LogP contribution is -2.46. The molecule has 2 fully saturated rings. The number of aromatic nitrogens is 1. The smallest absolute Gasteiger partial charge is 0.224 e. The van der Waals surface area contributed by atoms with E-state index >= 15 is 0 Å². The highest BCUT2D eigenvalue weighted by Gasteiger charge is 2.17. The van der Waals surface area contributed by atoms with Crippen LogP contribution in [0.15, 0.2) is 18.3 Å². The minimum Gasteiger partial charge on any atom is -0.354 e. The third-order valence-electron chi connectivity index (χ3n) is 5.68. The molecule has 5 nitrogen and oxygen atoms in total. The van der Waals surface area contributed by atoms with E-state index in [0.29, 0.717) is 6.42 Å². The fourth-order valence-corrected chi connectivity index (χ4v) is 3.97. The van der Waals surface area contributed by atoms with E-state index in [1.54, 1.807) is 6.20 Å². The van der Waals surface area contributed by atoms with Crippen LogP contribution >= 0.6 is 0 Å². The molecule has 1 aromatic heterocycles. The summed E-state index contributed by atoms with van der Waals surface area (Å²) in [4.78, 5) is 21.5. The Hall–Kier alpha value is -1.62. The Balaban J connectivity index is 1.43. The summed E-state index contributed by atoms with van der Waals surface area (Å²) in [5.41, 5.74) is 0.810. The van der Waals surface area contributed by atoms with Gasteiger partial charge in [0.15, 0.2) is 0 Å². The highest BCUT2D eigenvalue weighted by atomic mass is 16.1. The Morgan fingerprint density at radius 3 is 2.56 bits per heavy atom. The maximum atomic E-state index is 12.2. The SMILES string of the molecule is CCN1CCN(c2ccc(NC(=O)CCC3CCCCC3)cn2)CC1. The number of hydrogen-bond donors (Lipinski definition) is 1. The summed E-state index contributed by atoms with van der Waals surface area (Å²) in [6.07, 6.45) is 10.1. The van der Waals surface area contributed by atoms with Gasteiger partial charge in [0, 0.05) is 32.6 Å². The van der Waals surface area contributed by atoms with E-state index in [1.807, 2.05) is 12.1 Å². The van der Waals surface area contributed by atoms with Gasteiger partial charge in [-0.25, -0.2) is 4.98 Å². The zero-order valence-electron chi connectivity index (χ0n) is 15.5. The summed E-state index contributed by atoms with van der Waals surface area (Å²) in [6.45, 7) is 7.56. The topological polar surface area (TPSA) is 48.5 Å². The van der Waals surface area contributed by atoms with Crippen molar-refractivity contribution in [3.63, 3.8) is 0 Å². The van der Waals surface area contributed by atoms with Gasteiger partial charge in [-0.3, -0.25) is 4.79 Å². The molecule has 0 radical (unpaired) electrons. The summed E-state index contributed by atoms with van der Waals surface area (Å²) in [7, 11) is 0. The highest BCUT2D eigenvalue weighted by molar-refractivity contribution is 5.90. The maximum Gasteiger partial charge on any atom is 0.224 e. The molecule has 2 heterocycles. The number of nitrogens with zero attached hydrogens (tertiary/aromatic N) is 3. The quantitative estimate of drug-likeness (QED) is 0.858. The van der Waals surface area contributed by atoms with E-state index in [2.05, 4.69) is 27.0 Å². The molecule has 0 unspecified atom stereocenters. The molecule has 3 rings (SSSR count). The second-order valence-corrected chi connectivity index (χ2v) is 7.42. The lowest BCUT2D eigenvalue weighted by atomic mass is 9.86. The first-order chi connectivity index (χ1) is 12.2. The lowest BCUT2D eigenvalue weighted by molar-refractivity contribution is -0.116. The van der Waals surface area contributed by atoms with Crippen LogP contribution in [-0.4, -0.2) is 48.5 Å². The second kappa shape index (κ2) is 9.18. The predicted molar refractivity (Wildman–Crippen MR) is 103 cm³/mol. The third kappa shape index (κ3) is 5.43. The number of likely N-dealkylation sites (N-methyl/N-ethyl adjacent to an activating group) is 1. The van der Waals surface area contributed by atoms with Crippen molar-refractivity contribution in [1.29, 1.82) is 0 Å². The van der Waals surface area contributed by atoms with Gasteiger partial charge in [-0.05, 0) is 31.0 Å². The summed E-state index contributed by atoms with van der Waals surface area (Å²) in [5, 5.41) is 3.00. The van der Waals surface area contributed by atoms with Crippen LogP contribution in [0.4, 0.5) is 11.5 Å². The van der Waals surface area contributed by atoms with Crippen molar-refractivity contribution in [3.8, 4) is 0 Å². The summed E-state index contributed by atoms with van der Waals surface area (Å²) >= 11 is 0. The van der Waals surface area contributed by atoms with Crippen LogP contribution in [0.1, 0.15) is 51.9 Å². The zero-order chi connectivity index (χ0) is 17.5. The molecule has 0 atom stereocenters. The highest BCUT2D eigenvalue weighted by Crippen LogP contribution is 2.27. The number of piperazine rings is 1. The van der Waals surface area contributed by atoms with Gasteiger partial charge in [-0.2, -0.15) is 0 Å². The number of carbonyl (C=O) groups excluding carboxylic acids is 1. The molecular weight excluding hydrogens is 312 g/mol. The van der Waals surface area contributed by atoms with E-state index in [-0.39, 0.29) is 5.91 Å². The van der Waals surface area contributed by atoms with Crippen molar-refractivity contribution >= 4 is 17.4 Å². The molecule has 2 aliphatic rings. The Bertz CT molecular complexity index is 531. The van der Waals surface area contributed by atoms with Crippen LogP contribution in [0.2, 0.25) is 0 Å². The number of rotatable bonds is 6. The van der Waals surface area contributed by atoms with Crippen molar-refractivity contribution in [1.82, 2.24) is 9.88 Å². The fourth-order valence-electron chi connectivity index (χ4n) is 3.97. The van der Waals surface area contributed by atoms with Gasteiger partial charge in [0.1, 0.15) is 5.82 Å². The van der Waals surface area contributed by atoms with Crippen LogP contribution in [0.3, 0.4) is 0 Å². The van der Waals surface area contributed by atoms with E-state index in [1.165, 1.54) is 32.1 Å². The molecule has 138 valence electrons. The maximum absolute atomic E-state index is 12.2. The molecule has 5 heteroatoms. The molecule has 0 spiro atoms. The molecule has 0 aromatic carbocycles. The molecule has 1 amide bonds. The third-order valence-corrected chi connectivity index (χ3v) is 5.68. The molecule has 0 bridgehead atoms. The minimum absolute atomic E-state index is 0.122. The van der Waals surface area contributed by atoms with Crippen molar-refractivity contribution in [3.05, 3.63) is 18.3 Å². The number of pyridine rings is 1. The number of carbonyl (C=O) groups is 1. The van der Waals surface area contributed by atoms with Gasteiger partial charge in [-0.1, -0.05) is 39.0 Å². The average molecular weight is 345 g/mol. The standard InChI is InChI=1S/C20H32N4O/c1-2-23-12-14-24(15-13-23)19-10-9-18(16-21-19)22-20(25)11-8-17-6-4-3-5-7-17/h9-10,16-17H,2-8,11-15H2,1H3,(H,22,25). The summed E-state index contributed by atoms with van der Waals surface area (Å²) in [5.74, 6) is 1.88. The van der Waals surface area contributed by atoms with Crippen LogP contribution < -0.4 is 10.2 Å². The molecule has 1 N–H and O–H groups in total. The first-order valence-corrected chi connectivity index (χ1v) is 9.98. The van der Waals surface area contributed by atoms with E-state index in [4.69, 9.17) is 0 Å². The van der Waals surface area contributed by atoms with Gasteiger partial charge in [0.2, 0.25) is 5.91 Å². The van der Waals surface area contributed by atoms with Crippen LogP contribution in [0.25, 0.3) is 0 Å². The summed E-state index contributed by atoms with van der Waals surface area (Å²) < 4.78 is 0. The van der Waals surface area contributed by atoms with E-state index in [9.17, 15) is 4.79 Å². The average Bonchev–Trinajstić information content (AvgIpc) is 2.68. The van der Waals surface area contributed by atoms with Crippen LogP contribution in [-0.2, 0) is 4.79 Å². The van der Waals surface area contributed by atoms with Crippen molar-refractivity contribution in [2.24, 2.45) is 5.92 Å². The monoisotopic (exact) mass is 344 g/mol. The van der Waals surface area contributed by atoms with Gasteiger partial charge in [-0.15, -0.1) is 0 Å². The van der Waals surface area contributed by atoms with Gasteiger partial charge in [0.05, 0.1) is 11.9 Å². The second-order valence-electron chi connectivity index (χ2n) is 7.42. The van der Waals surface area contributed by atoms with E-state index < -0.39 is 0 Å². The fraction of sp³-hybridized carbons (Fsp3) is 0.700. The number of hydrogen-bond acceptors (Lipinski definition) is 4. The number of nitrogens with one attached hydrogen (secondary N) is 1. The first-order valence-electron chi connectivity index (χ1n) is 9.98. The van der Waals surface area contributed by atoms with Crippen LogP contribution in [0, 0.1) is 5.92 Å². The summed E-state index contributed by atoms with van der Waals surface area (Å²) in [6, 6.07) is 4.01. The van der Waals surface area contributed by atoms with Crippen molar-refractivity contribution < 1.29 is 4.79 Å². The molecule has 25 heavy (non-hydrogen) atoms. The molecule has 1 aromatic rings. The molecule has 1 saturated carbocycles. The number of amides is 1. The largest absolute Gasteiger partial charge is 0.354 e. The normalized spacial score (nSPS) is 19.8. The molecule has 1 saturated heterocycles. The van der Waals surface area contributed by atoms with E-state index in [0.717, 1.165) is 56.6 Å². The Morgan fingerprint density at radius 1 is 1.16 bits per heavy atom. The minimum atomic E-state index is 0.122. The van der Waals surface area contributed by atoms with Crippen LogP contribution in [0.5, 0.6) is 0 Å². The molecular formula is C20H32N4O. The van der Waals surface area contributed by atoms with Gasteiger partial charge >= 0.3 is 0 Å². The molecule has 1 aliphatic carbocycles. The predicted octanol–water partition coefficient (Wildman–Crippen LogP) is 3.52.